The van der Waals surface area contributed by atoms with Crippen molar-refractivity contribution in [3.05, 3.63) is 53.3 Å². The van der Waals surface area contributed by atoms with Crippen molar-refractivity contribution in [3.8, 4) is 0 Å². The van der Waals surface area contributed by atoms with E-state index in [0.717, 1.165) is 5.56 Å². The molecule has 5 nitrogen and oxygen atoms in total. The Morgan fingerprint density at radius 1 is 1.16 bits per heavy atom. The van der Waals surface area contributed by atoms with Gasteiger partial charge in [0.05, 0.1) is 0 Å². The largest absolute Gasteiger partial charge is 0.337 e. The van der Waals surface area contributed by atoms with E-state index < -0.39 is 0 Å². The van der Waals surface area contributed by atoms with Gasteiger partial charge in [-0.05, 0) is 24.1 Å². The van der Waals surface area contributed by atoms with Crippen molar-refractivity contribution in [1.29, 1.82) is 0 Å². The molecule has 1 aromatic heterocycles. The van der Waals surface area contributed by atoms with Crippen LogP contribution < -0.4 is 10.6 Å². The van der Waals surface area contributed by atoms with Crippen LogP contribution in [0.25, 0.3) is 0 Å². The lowest BCUT2D eigenvalue weighted by molar-refractivity contribution is 0.252. The summed E-state index contributed by atoms with van der Waals surface area (Å²) in [4.78, 5) is 19.3. The van der Waals surface area contributed by atoms with Gasteiger partial charge in [-0.3, -0.25) is 5.32 Å². The smallest absolute Gasteiger partial charge is 0.321 e. The Bertz CT molecular complexity index is 547. The lowest BCUT2D eigenvalue weighted by atomic mass is 10.1. The number of hydrogen-bond donors (Lipinski definition) is 2. The third-order valence-electron chi connectivity index (χ3n) is 2.43. The maximum Gasteiger partial charge on any atom is 0.321 e. The number of benzene rings is 1. The number of amides is 2. The van der Waals surface area contributed by atoms with Crippen LogP contribution in [0.5, 0.6) is 0 Å². The van der Waals surface area contributed by atoms with Gasteiger partial charge < -0.3 is 5.32 Å². The average Bonchev–Trinajstić information content (AvgIpc) is 2.42. The molecule has 1 aromatic carbocycles. The fourth-order valence-electron chi connectivity index (χ4n) is 1.52. The van der Waals surface area contributed by atoms with Gasteiger partial charge >= 0.3 is 6.03 Å². The Morgan fingerprint density at radius 2 is 1.89 bits per heavy atom. The van der Waals surface area contributed by atoms with Gasteiger partial charge in [-0.25, -0.2) is 14.8 Å². The average molecular weight is 277 g/mol. The first-order valence-corrected chi connectivity index (χ1v) is 6.19. The number of rotatable bonds is 4. The van der Waals surface area contributed by atoms with Crippen LogP contribution >= 0.6 is 11.6 Å². The highest BCUT2D eigenvalue weighted by Crippen LogP contribution is 2.14. The van der Waals surface area contributed by atoms with E-state index in [-0.39, 0.29) is 12.0 Å². The summed E-state index contributed by atoms with van der Waals surface area (Å²) in [6, 6.07) is 8.90. The molecule has 1 heterocycles. The second-order valence-electron chi connectivity index (χ2n) is 3.79. The van der Waals surface area contributed by atoms with Crippen molar-refractivity contribution < 1.29 is 4.79 Å². The van der Waals surface area contributed by atoms with Gasteiger partial charge in [-0.2, -0.15) is 0 Å². The SMILES string of the molecule is O=C(NCCc1ccccc1Cl)Nc1ncccn1. The number of nitrogens with one attached hydrogen (secondary N) is 2. The molecule has 0 radical (unpaired) electrons. The van der Waals surface area contributed by atoms with E-state index in [1.165, 1.54) is 0 Å². The maximum absolute atomic E-state index is 11.6. The van der Waals surface area contributed by atoms with Crippen LogP contribution in [-0.2, 0) is 6.42 Å². The molecule has 0 spiro atoms. The topological polar surface area (TPSA) is 66.9 Å². The summed E-state index contributed by atoms with van der Waals surface area (Å²) in [5.41, 5.74) is 1.00. The number of carbonyl (C=O) groups excluding carboxylic acids is 1. The zero-order valence-corrected chi connectivity index (χ0v) is 10.9. The highest BCUT2D eigenvalue weighted by Gasteiger charge is 2.03. The second-order valence-corrected chi connectivity index (χ2v) is 4.20. The molecular formula is C13H13ClN4O. The molecule has 0 unspecified atom stereocenters. The Hall–Kier alpha value is -2.14. The number of hydrogen-bond acceptors (Lipinski definition) is 3. The first-order valence-electron chi connectivity index (χ1n) is 5.81. The van der Waals surface area contributed by atoms with E-state index in [4.69, 9.17) is 11.6 Å². The standard InChI is InChI=1S/C13H13ClN4O/c14-11-5-2-1-4-10(11)6-9-17-13(19)18-12-15-7-3-8-16-12/h1-5,7-8H,6,9H2,(H2,15,16,17,18,19). The molecule has 2 N–H and O–H groups in total. The highest BCUT2D eigenvalue weighted by atomic mass is 35.5. The van der Waals surface area contributed by atoms with Gasteiger partial charge in [-0.1, -0.05) is 29.8 Å². The van der Waals surface area contributed by atoms with Crippen LogP contribution in [0, 0.1) is 0 Å². The predicted molar refractivity (Wildman–Crippen MR) is 74.2 cm³/mol. The Labute approximate surface area is 116 Å². The minimum absolute atomic E-state index is 0.276. The molecule has 98 valence electrons. The minimum Gasteiger partial charge on any atom is -0.337 e. The monoisotopic (exact) mass is 276 g/mol. The molecule has 0 aliphatic carbocycles. The summed E-state index contributed by atoms with van der Waals surface area (Å²) in [5.74, 6) is 0.276. The highest BCUT2D eigenvalue weighted by molar-refractivity contribution is 6.31. The van der Waals surface area contributed by atoms with E-state index in [1.807, 2.05) is 24.3 Å². The van der Waals surface area contributed by atoms with E-state index in [0.29, 0.717) is 18.0 Å². The number of halogens is 1. The molecule has 0 aliphatic rings. The van der Waals surface area contributed by atoms with Gasteiger partial charge in [0.2, 0.25) is 5.95 Å². The fraction of sp³-hybridized carbons (Fsp3) is 0.154. The van der Waals surface area contributed by atoms with Crippen molar-refractivity contribution in [2.75, 3.05) is 11.9 Å². The zero-order valence-electron chi connectivity index (χ0n) is 10.1. The van der Waals surface area contributed by atoms with Gasteiger partial charge in [-0.15, -0.1) is 0 Å². The Kier molecular flexibility index (Phi) is 4.69. The molecule has 0 aliphatic heterocycles. The lowest BCUT2D eigenvalue weighted by Gasteiger charge is -2.07. The number of carbonyl (C=O) groups is 1. The van der Waals surface area contributed by atoms with Crippen LogP contribution in [0.1, 0.15) is 5.56 Å². The van der Waals surface area contributed by atoms with E-state index in [1.54, 1.807) is 18.5 Å². The van der Waals surface area contributed by atoms with Crippen molar-refractivity contribution in [2.45, 2.75) is 6.42 Å². The molecule has 2 rings (SSSR count). The summed E-state index contributed by atoms with van der Waals surface area (Å²) in [7, 11) is 0. The van der Waals surface area contributed by atoms with Gasteiger partial charge in [0.1, 0.15) is 0 Å². The minimum atomic E-state index is -0.335. The number of aromatic nitrogens is 2. The zero-order chi connectivity index (χ0) is 13.5. The Balaban J connectivity index is 1.77. The molecule has 0 fully saturated rings. The molecular weight excluding hydrogens is 264 g/mol. The molecule has 0 saturated carbocycles. The normalized spacial score (nSPS) is 9.95. The maximum atomic E-state index is 11.6. The summed E-state index contributed by atoms with van der Waals surface area (Å²) in [6.45, 7) is 0.488. The molecule has 0 saturated heterocycles. The summed E-state index contributed by atoms with van der Waals surface area (Å²) in [6.07, 6.45) is 3.79. The van der Waals surface area contributed by atoms with Crippen molar-refractivity contribution in [1.82, 2.24) is 15.3 Å². The van der Waals surface area contributed by atoms with Crippen molar-refractivity contribution in [3.63, 3.8) is 0 Å². The van der Waals surface area contributed by atoms with Crippen LogP contribution in [-0.4, -0.2) is 22.5 Å². The van der Waals surface area contributed by atoms with Crippen LogP contribution in [0.15, 0.2) is 42.7 Å². The van der Waals surface area contributed by atoms with Crippen molar-refractivity contribution in [2.24, 2.45) is 0 Å². The van der Waals surface area contributed by atoms with E-state index in [2.05, 4.69) is 20.6 Å². The number of anilines is 1. The van der Waals surface area contributed by atoms with Crippen LogP contribution in [0.3, 0.4) is 0 Å². The van der Waals surface area contributed by atoms with E-state index in [9.17, 15) is 4.79 Å². The first-order chi connectivity index (χ1) is 9.25. The number of urea groups is 1. The molecule has 0 atom stereocenters. The van der Waals surface area contributed by atoms with E-state index >= 15 is 0 Å². The quantitative estimate of drug-likeness (QED) is 0.902. The Morgan fingerprint density at radius 3 is 2.63 bits per heavy atom. The van der Waals surface area contributed by atoms with Gasteiger partial charge in [0.15, 0.2) is 0 Å². The summed E-state index contributed by atoms with van der Waals surface area (Å²) in [5, 5.41) is 5.96. The molecule has 2 aromatic rings. The van der Waals surface area contributed by atoms with Crippen molar-refractivity contribution >= 4 is 23.6 Å². The molecule has 2 amide bonds. The van der Waals surface area contributed by atoms with Gasteiger partial charge in [0, 0.05) is 24.0 Å². The predicted octanol–water partition coefficient (Wildman–Crippen LogP) is 2.49. The molecule has 0 bridgehead atoms. The van der Waals surface area contributed by atoms with Crippen LogP contribution in [0.2, 0.25) is 5.02 Å². The summed E-state index contributed by atoms with van der Waals surface area (Å²) < 4.78 is 0. The lowest BCUT2D eigenvalue weighted by Crippen LogP contribution is -2.31. The second kappa shape index (κ2) is 6.70. The third kappa shape index (κ3) is 4.22. The fourth-order valence-corrected chi connectivity index (χ4v) is 1.75. The molecule has 6 heteroatoms. The first kappa shape index (κ1) is 13.3. The molecule has 19 heavy (non-hydrogen) atoms. The summed E-state index contributed by atoms with van der Waals surface area (Å²) >= 11 is 6.02. The number of nitrogens with zero attached hydrogens (tertiary/aromatic N) is 2. The third-order valence-corrected chi connectivity index (χ3v) is 2.80. The van der Waals surface area contributed by atoms with Gasteiger partial charge in [0.25, 0.3) is 0 Å². The van der Waals surface area contributed by atoms with Crippen LogP contribution in [0.4, 0.5) is 10.7 Å².